The minimum absolute atomic E-state index is 0.115. The molecule has 4 rings (SSSR count). The molecule has 2 aliphatic rings. The molecule has 2 fully saturated rings. The van der Waals surface area contributed by atoms with Gasteiger partial charge in [0.05, 0.1) is 17.5 Å². The first-order chi connectivity index (χ1) is 14.7. The molecule has 4 nitrogen and oxygen atoms in total. The Morgan fingerprint density at radius 3 is 2.55 bits per heavy atom. The van der Waals surface area contributed by atoms with E-state index in [2.05, 4.69) is 9.97 Å². The van der Waals surface area contributed by atoms with Crippen LogP contribution in [0.5, 0.6) is 0 Å². The van der Waals surface area contributed by atoms with E-state index in [1.807, 2.05) is 18.2 Å². The number of nitrogens with zero attached hydrogens (tertiary/aromatic N) is 3. The van der Waals surface area contributed by atoms with Gasteiger partial charge in [-0.3, -0.25) is 4.98 Å². The van der Waals surface area contributed by atoms with Gasteiger partial charge in [-0.1, -0.05) is 18.9 Å². The summed E-state index contributed by atoms with van der Waals surface area (Å²) in [5, 5.41) is 0. The molecule has 1 atom stereocenters. The number of hydrogen-bond donors (Lipinski definition) is 0. The molecule has 31 heavy (non-hydrogen) atoms. The van der Waals surface area contributed by atoms with Crippen LogP contribution in [0.15, 0.2) is 36.7 Å². The predicted octanol–water partition coefficient (Wildman–Crippen LogP) is 5.52. The first kappa shape index (κ1) is 22.0. The normalized spacial score (nSPS) is 23.3. The number of aromatic nitrogens is 2. The molecular formula is C23H27F4N3O. The Hall–Kier alpha value is -2.22. The van der Waals surface area contributed by atoms with Crippen LogP contribution in [0, 0.1) is 5.82 Å². The lowest BCUT2D eigenvalue weighted by atomic mass is 9.68. The largest absolute Gasteiger partial charge is 0.436 e. The van der Waals surface area contributed by atoms with E-state index < -0.39 is 17.7 Å². The zero-order valence-corrected chi connectivity index (χ0v) is 17.6. The standard InChI is InChI=1S/C23H27F4N3O/c1-30(17-14-18(24)20(29-15-17)23(25,26)27)12-9-21(19-6-2-5-11-28-19)10-13-31-22(16-21)7-3-4-8-22/h2,5-6,11,14-15H,3-4,7-10,12-13,16H2,1H3/t21-/m1/s1. The fraction of sp³-hybridized carbons (Fsp3) is 0.565. The fourth-order valence-corrected chi connectivity index (χ4v) is 5.15. The highest BCUT2D eigenvalue weighted by Gasteiger charge is 2.48. The number of pyridine rings is 2. The Morgan fingerprint density at radius 2 is 1.90 bits per heavy atom. The quantitative estimate of drug-likeness (QED) is 0.577. The van der Waals surface area contributed by atoms with Crippen molar-refractivity contribution in [3.05, 3.63) is 53.9 Å². The fourth-order valence-electron chi connectivity index (χ4n) is 5.15. The molecule has 168 valence electrons. The molecule has 2 aromatic heterocycles. The zero-order chi connectivity index (χ0) is 22.1. The molecule has 1 saturated carbocycles. The predicted molar refractivity (Wildman–Crippen MR) is 109 cm³/mol. The van der Waals surface area contributed by atoms with Crippen LogP contribution in [0.2, 0.25) is 0 Å². The van der Waals surface area contributed by atoms with Gasteiger partial charge in [-0.2, -0.15) is 13.2 Å². The van der Waals surface area contributed by atoms with E-state index in [1.54, 1.807) is 18.1 Å². The Labute approximate surface area is 179 Å². The second kappa shape index (κ2) is 8.37. The second-order valence-electron chi connectivity index (χ2n) is 8.85. The maximum Gasteiger partial charge on any atom is 0.436 e. The summed E-state index contributed by atoms with van der Waals surface area (Å²) in [5.74, 6) is -1.35. The number of hydrogen-bond acceptors (Lipinski definition) is 4. The van der Waals surface area contributed by atoms with Gasteiger partial charge in [0.1, 0.15) is 0 Å². The maximum absolute atomic E-state index is 14.0. The number of ether oxygens (including phenoxy) is 1. The topological polar surface area (TPSA) is 38.2 Å². The summed E-state index contributed by atoms with van der Waals surface area (Å²) in [5.41, 5.74) is -0.437. The summed E-state index contributed by atoms with van der Waals surface area (Å²) in [7, 11) is 1.75. The van der Waals surface area contributed by atoms with Gasteiger partial charge in [-0.05, 0) is 44.2 Å². The van der Waals surface area contributed by atoms with Gasteiger partial charge in [0.2, 0.25) is 0 Å². The third-order valence-corrected chi connectivity index (χ3v) is 6.83. The molecule has 8 heteroatoms. The van der Waals surface area contributed by atoms with Crippen LogP contribution in [0.3, 0.4) is 0 Å². The molecule has 0 N–H and O–H groups in total. The Bertz CT molecular complexity index is 899. The van der Waals surface area contributed by atoms with E-state index in [0.717, 1.165) is 62.9 Å². The van der Waals surface area contributed by atoms with E-state index in [-0.39, 0.29) is 11.0 Å². The van der Waals surface area contributed by atoms with Crippen LogP contribution in [0.4, 0.5) is 23.2 Å². The minimum atomic E-state index is -4.80. The van der Waals surface area contributed by atoms with E-state index in [4.69, 9.17) is 4.74 Å². The zero-order valence-electron chi connectivity index (χ0n) is 17.6. The van der Waals surface area contributed by atoms with Gasteiger partial charge in [-0.15, -0.1) is 0 Å². The van der Waals surface area contributed by atoms with Crippen molar-refractivity contribution in [1.82, 2.24) is 9.97 Å². The number of rotatable bonds is 5. The first-order valence-electron chi connectivity index (χ1n) is 10.7. The van der Waals surface area contributed by atoms with Crippen molar-refractivity contribution in [3.8, 4) is 0 Å². The van der Waals surface area contributed by atoms with Crippen LogP contribution in [-0.4, -0.2) is 35.8 Å². The Morgan fingerprint density at radius 1 is 1.13 bits per heavy atom. The van der Waals surface area contributed by atoms with E-state index >= 15 is 0 Å². The molecule has 0 radical (unpaired) electrons. The van der Waals surface area contributed by atoms with Crippen molar-refractivity contribution in [2.24, 2.45) is 0 Å². The average Bonchev–Trinajstić information content (AvgIpc) is 3.19. The van der Waals surface area contributed by atoms with Gasteiger partial charge in [0, 0.05) is 43.6 Å². The Kier molecular flexibility index (Phi) is 5.94. The SMILES string of the molecule is CN(CC[C@@]1(c2ccccn2)CCOC2(CCCC2)C1)c1cnc(C(F)(F)F)c(F)c1. The van der Waals surface area contributed by atoms with Crippen molar-refractivity contribution in [1.29, 1.82) is 0 Å². The summed E-state index contributed by atoms with van der Waals surface area (Å²) in [6.45, 7) is 1.20. The van der Waals surface area contributed by atoms with Crippen molar-refractivity contribution < 1.29 is 22.3 Å². The highest BCUT2D eigenvalue weighted by atomic mass is 19.4. The summed E-state index contributed by atoms with van der Waals surface area (Å²) >= 11 is 0. The number of anilines is 1. The highest BCUT2D eigenvalue weighted by Crippen LogP contribution is 2.49. The minimum Gasteiger partial charge on any atom is -0.375 e. The van der Waals surface area contributed by atoms with Crippen LogP contribution in [0.1, 0.15) is 56.3 Å². The van der Waals surface area contributed by atoms with E-state index in [0.29, 0.717) is 18.8 Å². The molecule has 1 aliphatic heterocycles. The number of halogens is 4. The van der Waals surface area contributed by atoms with Crippen molar-refractivity contribution in [2.75, 3.05) is 25.1 Å². The molecular weight excluding hydrogens is 410 g/mol. The van der Waals surface area contributed by atoms with E-state index in [1.165, 1.54) is 0 Å². The van der Waals surface area contributed by atoms with Gasteiger partial charge >= 0.3 is 6.18 Å². The molecule has 3 heterocycles. The smallest absolute Gasteiger partial charge is 0.375 e. The summed E-state index contributed by atoms with van der Waals surface area (Å²) in [4.78, 5) is 9.75. The molecule has 0 bridgehead atoms. The van der Waals surface area contributed by atoms with Crippen molar-refractivity contribution >= 4 is 5.69 Å². The maximum atomic E-state index is 14.0. The highest BCUT2D eigenvalue weighted by molar-refractivity contribution is 5.44. The van der Waals surface area contributed by atoms with Crippen LogP contribution < -0.4 is 4.90 Å². The molecule has 2 aromatic rings. The molecule has 0 aromatic carbocycles. The van der Waals surface area contributed by atoms with Gasteiger partial charge < -0.3 is 9.64 Å². The van der Waals surface area contributed by atoms with Crippen LogP contribution in [0.25, 0.3) is 0 Å². The lowest BCUT2D eigenvalue weighted by Crippen LogP contribution is -2.47. The van der Waals surface area contributed by atoms with Crippen molar-refractivity contribution in [2.45, 2.75) is 62.1 Å². The molecule has 1 spiro atoms. The molecule has 1 aliphatic carbocycles. The summed E-state index contributed by atoms with van der Waals surface area (Å²) in [6.07, 6.45) is 4.95. The third kappa shape index (κ3) is 4.54. The van der Waals surface area contributed by atoms with Gasteiger partial charge in [-0.25, -0.2) is 9.37 Å². The monoisotopic (exact) mass is 437 g/mol. The summed E-state index contributed by atoms with van der Waals surface area (Å²) < 4.78 is 58.7. The molecule has 1 saturated heterocycles. The van der Waals surface area contributed by atoms with Gasteiger partial charge in [0.15, 0.2) is 11.5 Å². The lowest BCUT2D eigenvalue weighted by Gasteiger charge is -2.47. The number of alkyl halides is 3. The molecule has 0 unspecified atom stereocenters. The average molecular weight is 437 g/mol. The first-order valence-corrected chi connectivity index (χ1v) is 10.7. The Balaban J connectivity index is 1.55. The van der Waals surface area contributed by atoms with E-state index in [9.17, 15) is 17.6 Å². The lowest BCUT2D eigenvalue weighted by molar-refractivity contribution is -0.143. The summed E-state index contributed by atoms with van der Waals surface area (Å²) in [6, 6.07) is 6.84. The van der Waals surface area contributed by atoms with Crippen LogP contribution >= 0.6 is 0 Å². The van der Waals surface area contributed by atoms with Crippen LogP contribution in [-0.2, 0) is 16.3 Å². The van der Waals surface area contributed by atoms with Gasteiger partial charge in [0.25, 0.3) is 0 Å². The molecule has 0 amide bonds. The third-order valence-electron chi connectivity index (χ3n) is 6.83. The van der Waals surface area contributed by atoms with Crippen molar-refractivity contribution in [3.63, 3.8) is 0 Å². The second-order valence-corrected chi connectivity index (χ2v) is 8.85.